The van der Waals surface area contributed by atoms with Crippen LogP contribution in [0.4, 0.5) is 0 Å². The van der Waals surface area contributed by atoms with Gasteiger partial charge in [0.15, 0.2) is 0 Å². The Balaban J connectivity index is 5.39. The second-order valence-electron chi connectivity index (χ2n) is 3.43. The van der Waals surface area contributed by atoms with E-state index in [2.05, 4.69) is 0 Å². The fraction of sp³-hybridized carbons (Fsp3) is 1.00. The maximum atomic E-state index is 12.5. The van der Waals surface area contributed by atoms with Crippen molar-refractivity contribution in [3.8, 4) is 0 Å². The van der Waals surface area contributed by atoms with Gasteiger partial charge in [0, 0.05) is 35.5 Å². The maximum absolute atomic E-state index is 12.5. The summed E-state index contributed by atoms with van der Waals surface area (Å²) in [6.07, 6.45) is 1.38. The SMILES string of the molecule is CCCC([Si](OC)(OC)OC)P(=O)(OC)OC. The first kappa shape index (κ1) is 17.2. The van der Waals surface area contributed by atoms with Gasteiger partial charge in [-0.2, -0.15) is 0 Å². The van der Waals surface area contributed by atoms with Crippen LogP contribution in [0.2, 0.25) is 0 Å². The lowest BCUT2D eigenvalue weighted by Gasteiger charge is -2.34. The van der Waals surface area contributed by atoms with Crippen LogP contribution in [0.25, 0.3) is 0 Å². The van der Waals surface area contributed by atoms with E-state index in [4.69, 9.17) is 22.3 Å². The Bertz CT molecular complexity index is 242. The van der Waals surface area contributed by atoms with Crippen molar-refractivity contribution in [2.75, 3.05) is 35.5 Å². The molecule has 0 heterocycles. The molecule has 1 atom stereocenters. The summed E-state index contributed by atoms with van der Waals surface area (Å²) in [5.41, 5.74) is 0. The van der Waals surface area contributed by atoms with Crippen LogP contribution >= 0.6 is 7.60 Å². The lowest BCUT2D eigenvalue weighted by molar-refractivity contribution is 0.114. The molecule has 0 saturated heterocycles. The van der Waals surface area contributed by atoms with E-state index in [9.17, 15) is 4.57 Å². The third-order valence-electron chi connectivity index (χ3n) is 2.71. The van der Waals surface area contributed by atoms with Crippen molar-refractivity contribution in [1.29, 1.82) is 0 Å². The second-order valence-corrected chi connectivity index (χ2v) is 9.47. The van der Waals surface area contributed by atoms with Gasteiger partial charge in [0.25, 0.3) is 0 Å². The lowest BCUT2D eigenvalue weighted by Crippen LogP contribution is -2.54. The zero-order chi connectivity index (χ0) is 13.5. The first-order chi connectivity index (χ1) is 8.00. The van der Waals surface area contributed by atoms with Crippen LogP contribution in [0.1, 0.15) is 19.8 Å². The van der Waals surface area contributed by atoms with E-state index in [-0.39, 0.29) is 0 Å². The molecule has 0 rings (SSSR count). The Morgan fingerprint density at radius 1 is 1.00 bits per heavy atom. The van der Waals surface area contributed by atoms with Gasteiger partial charge in [0.2, 0.25) is 0 Å². The molecule has 0 saturated carbocycles. The topological polar surface area (TPSA) is 63.2 Å². The molecule has 0 aromatic rings. The van der Waals surface area contributed by atoms with Gasteiger partial charge in [-0.3, -0.25) is 4.57 Å². The van der Waals surface area contributed by atoms with Crippen LogP contribution in [0.15, 0.2) is 0 Å². The zero-order valence-corrected chi connectivity index (χ0v) is 13.3. The molecule has 0 aromatic carbocycles. The van der Waals surface area contributed by atoms with Crippen molar-refractivity contribution in [2.45, 2.75) is 25.0 Å². The fourth-order valence-corrected chi connectivity index (χ4v) is 8.11. The van der Waals surface area contributed by atoms with Crippen LogP contribution in [-0.2, 0) is 26.9 Å². The van der Waals surface area contributed by atoms with Crippen LogP contribution < -0.4 is 0 Å². The molecule has 6 nitrogen and oxygen atoms in total. The zero-order valence-electron chi connectivity index (χ0n) is 11.4. The van der Waals surface area contributed by atoms with Crippen molar-refractivity contribution >= 4 is 16.4 Å². The van der Waals surface area contributed by atoms with Gasteiger partial charge in [-0.1, -0.05) is 13.3 Å². The van der Waals surface area contributed by atoms with Gasteiger partial charge >= 0.3 is 16.4 Å². The van der Waals surface area contributed by atoms with E-state index in [1.165, 1.54) is 35.5 Å². The first-order valence-corrected chi connectivity index (χ1v) is 8.78. The van der Waals surface area contributed by atoms with E-state index >= 15 is 0 Å². The van der Waals surface area contributed by atoms with E-state index in [1.54, 1.807) is 0 Å². The van der Waals surface area contributed by atoms with Crippen LogP contribution in [-0.4, -0.2) is 49.6 Å². The van der Waals surface area contributed by atoms with E-state index < -0.39 is 21.7 Å². The Kier molecular flexibility index (Phi) is 7.74. The average molecular weight is 286 g/mol. The van der Waals surface area contributed by atoms with Crippen LogP contribution in [0.3, 0.4) is 0 Å². The summed E-state index contributed by atoms with van der Waals surface area (Å²) < 4.78 is 38.7. The maximum Gasteiger partial charge on any atom is 0.515 e. The van der Waals surface area contributed by atoms with Crippen molar-refractivity contribution in [1.82, 2.24) is 0 Å². The van der Waals surface area contributed by atoms with Gasteiger partial charge in [0.1, 0.15) is 5.28 Å². The molecule has 1 unspecified atom stereocenters. The monoisotopic (exact) mass is 286 g/mol. The minimum Gasteiger partial charge on any atom is -0.376 e. The summed E-state index contributed by atoms with van der Waals surface area (Å²) in [5.74, 6) is 0. The molecule has 0 radical (unpaired) electrons. The van der Waals surface area contributed by atoms with E-state index in [1.807, 2.05) is 6.92 Å². The highest BCUT2D eigenvalue weighted by atomic mass is 31.2. The minimum atomic E-state index is -3.29. The van der Waals surface area contributed by atoms with Crippen LogP contribution in [0, 0.1) is 0 Å². The molecule has 0 aliphatic heterocycles. The van der Waals surface area contributed by atoms with Gasteiger partial charge in [-0.15, -0.1) is 0 Å². The summed E-state index contributed by atoms with van der Waals surface area (Å²) >= 11 is 0. The Morgan fingerprint density at radius 2 is 1.41 bits per heavy atom. The molecule has 0 N–H and O–H groups in total. The normalized spacial score (nSPS) is 14.9. The van der Waals surface area contributed by atoms with Gasteiger partial charge in [-0.05, 0) is 6.42 Å². The van der Waals surface area contributed by atoms with Crippen molar-refractivity contribution < 1.29 is 26.9 Å². The quantitative estimate of drug-likeness (QED) is 0.477. The highest BCUT2D eigenvalue weighted by Crippen LogP contribution is 2.56. The van der Waals surface area contributed by atoms with Crippen molar-refractivity contribution in [3.05, 3.63) is 0 Å². The van der Waals surface area contributed by atoms with Crippen LogP contribution in [0.5, 0.6) is 0 Å². The largest absolute Gasteiger partial charge is 0.515 e. The molecular formula is C9H23O6PSi. The first-order valence-electron chi connectivity index (χ1n) is 5.36. The van der Waals surface area contributed by atoms with Crippen molar-refractivity contribution in [3.63, 3.8) is 0 Å². The number of hydrogen-bond acceptors (Lipinski definition) is 6. The molecule has 0 amide bonds. The summed E-state index contributed by atoms with van der Waals surface area (Å²) in [7, 11) is 0.809. The summed E-state index contributed by atoms with van der Waals surface area (Å²) in [6, 6.07) is 0. The van der Waals surface area contributed by atoms with Gasteiger partial charge in [0.05, 0.1) is 0 Å². The molecule has 0 spiro atoms. The predicted molar refractivity (Wildman–Crippen MR) is 67.1 cm³/mol. The molecule has 0 aromatic heterocycles. The molecule has 0 fully saturated rings. The standard InChI is InChI=1S/C9H23O6PSi/c1-7-8-9(16(10,11-2)12-3)17(13-4,14-5)15-6/h9H,7-8H2,1-6H3. The Hall–Kier alpha value is 0.247. The Labute approximate surface area is 104 Å². The highest BCUT2D eigenvalue weighted by molar-refractivity contribution is 7.57. The van der Waals surface area contributed by atoms with Crippen molar-refractivity contribution in [2.24, 2.45) is 0 Å². The molecule has 0 aliphatic rings. The second kappa shape index (κ2) is 7.63. The smallest absolute Gasteiger partial charge is 0.376 e. The third-order valence-corrected chi connectivity index (χ3v) is 9.46. The highest BCUT2D eigenvalue weighted by Gasteiger charge is 2.57. The molecule has 0 bridgehead atoms. The van der Waals surface area contributed by atoms with E-state index in [0.717, 1.165) is 6.42 Å². The summed E-state index contributed by atoms with van der Waals surface area (Å²) in [4.78, 5) is 0. The Morgan fingerprint density at radius 3 is 1.65 bits per heavy atom. The third kappa shape index (κ3) is 3.60. The average Bonchev–Trinajstić information content (AvgIpc) is 2.39. The minimum absolute atomic E-state index is 0.519. The van der Waals surface area contributed by atoms with E-state index in [0.29, 0.717) is 6.42 Å². The fourth-order valence-electron chi connectivity index (χ4n) is 1.79. The molecule has 8 heteroatoms. The predicted octanol–water partition coefficient (Wildman–Crippen LogP) is 2.06. The van der Waals surface area contributed by atoms with Gasteiger partial charge < -0.3 is 22.3 Å². The molecule has 104 valence electrons. The summed E-state index contributed by atoms with van der Waals surface area (Å²) in [5, 5.41) is -0.519. The molecule has 17 heavy (non-hydrogen) atoms. The van der Waals surface area contributed by atoms with Gasteiger partial charge in [-0.25, -0.2) is 0 Å². The number of hydrogen-bond donors (Lipinski definition) is 0. The molecular weight excluding hydrogens is 263 g/mol. The lowest BCUT2D eigenvalue weighted by atomic mass is 10.4. The molecule has 0 aliphatic carbocycles. The number of rotatable bonds is 9. The summed E-state index contributed by atoms with van der Waals surface area (Å²) in [6.45, 7) is 1.98.